The van der Waals surface area contributed by atoms with Crippen LogP contribution < -0.4 is 4.90 Å². The van der Waals surface area contributed by atoms with Gasteiger partial charge in [0.25, 0.3) is 5.91 Å². The van der Waals surface area contributed by atoms with Crippen LogP contribution in [0, 0.1) is 5.82 Å². The van der Waals surface area contributed by atoms with Gasteiger partial charge >= 0.3 is 0 Å². The van der Waals surface area contributed by atoms with Crippen LogP contribution in [0.25, 0.3) is 22.2 Å². The van der Waals surface area contributed by atoms with Gasteiger partial charge in [-0.3, -0.25) is 9.69 Å². The predicted octanol–water partition coefficient (Wildman–Crippen LogP) is 7.12. The molecule has 0 bridgehead atoms. The van der Waals surface area contributed by atoms with Crippen molar-refractivity contribution in [2.24, 2.45) is 0 Å². The minimum Gasteiger partial charge on any atom is -0.276 e. The molecule has 164 valence electrons. The lowest BCUT2D eigenvalue weighted by molar-refractivity contribution is 0.100. The highest BCUT2D eigenvalue weighted by Crippen LogP contribution is 2.38. The van der Waals surface area contributed by atoms with Crippen molar-refractivity contribution < 1.29 is 9.18 Å². The van der Waals surface area contributed by atoms with Gasteiger partial charge in [0, 0.05) is 10.9 Å². The second kappa shape index (κ2) is 8.23. The lowest BCUT2D eigenvalue weighted by atomic mass is 10.0. The van der Waals surface area contributed by atoms with Crippen molar-refractivity contribution in [2.45, 2.75) is 12.8 Å². The summed E-state index contributed by atoms with van der Waals surface area (Å²) in [6.45, 7) is 0. The maximum Gasteiger partial charge on any atom is 0.263 e. The Balaban J connectivity index is 1.59. The van der Waals surface area contributed by atoms with E-state index in [1.807, 2.05) is 71.6 Å². The maximum absolute atomic E-state index is 14.4. The van der Waals surface area contributed by atoms with E-state index in [4.69, 9.17) is 4.98 Å². The fourth-order valence-corrected chi connectivity index (χ4v) is 4.74. The minimum atomic E-state index is -0.307. The van der Waals surface area contributed by atoms with Crippen LogP contribution in [-0.4, -0.2) is 10.9 Å². The van der Waals surface area contributed by atoms with Gasteiger partial charge in [-0.15, -0.1) is 0 Å². The zero-order valence-electron chi connectivity index (χ0n) is 18.4. The number of halogens is 1. The molecule has 1 aliphatic heterocycles. The Kier molecular flexibility index (Phi) is 4.92. The van der Waals surface area contributed by atoms with Gasteiger partial charge in [0.1, 0.15) is 5.82 Å². The number of pyridine rings is 1. The molecular formula is C30H21FN2O. The van der Waals surface area contributed by atoms with E-state index in [2.05, 4.69) is 12.1 Å². The van der Waals surface area contributed by atoms with Gasteiger partial charge < -0.3 is 0 Å². The molecule has 6 rings (SSSR count). The van der Waals surface area contributed by atoms with Crippen LogP contribution in [0.4, 0.5) is 15.8 Å². The van der Waals surface area contributed by atoms with Crippen molar-refractivity contribution in [2.75, 3.05) is 4.90 Å². The van der Waals surface area contributed by atoms with E-state index in [1.54, 1.807) is 12.1 Å². The first-order valence-corrected chi connectivity index (χ1v) is 11.3. The Morgan fingerprint density at radius 3 is 2.00 bits per heavy atom. The molecule has 1 aromatic heterocycles. The molecule has 34 heavy (non-hydrogen) atoms. The van der Waals surface area contributed by atoms with E-state index in [0.717, 1.165) is 51.8 Å². The molecular weight excluding hydrogens is 423 g/mol. The Labute approximate surface area is 197 Å². The average molecular weight is 445 g/mol. The average Bonchev–Trinajstić information content (AvgIpc) is 3.05. The number of aromatic nitrogens is 1. The molecule has 5 aromatic rings. The number of nitrogens with zero attached hydrogens (tertiary/aromatic N) is 2. The Morgan fingerprint density at radius 2 is 1.32 bits per heavy atom. The SMILES string of the molecule is O=C(c1cc(-c2ccc(F)cc2)nc2ccccc12)N1c2ccccc2CCc2ccccc21. The van der Waals surface area contributed by atoms with Crippen molar-refractivity contribution in [3.8, 4) is 11.3 Å². The Bertz CT molecular complexity index is 1490. The second-order valence-electron chi connectivity index (χ2n) is 8.48. The molecule has 2 heterocycles. The van der Waals surface area contributed by atoms with Gasteiger partial charge in [0.15, 0.2) is 0 Å². The molecule has 0 unspecified atom stereocenters. The molecule has 0 spiro atoms. The van der Waals surface area contributed by atoms with Crippen LogP contribution in [0.1, 0.15) is 21.5 Å². The maximum atomic E-state index is 14.4. The number of rotatable bonds is 2. The zero-order valence-corrected chi connectivity index (χ0v) is 18.4. The monoisotopic (exact) mass is 444 g/mol. The third-order valence-electron chi connectivity index (χ3n) is 6.42. The lowest BCUT2D eigenvalue weighted by Crippen LogP contribution is -2.27. The van der Waals surface area contributed by atoms with Gasteiger partial charge in [0.05, 0.1) is 28.1 Å². The summed E-state index contributed by atoms with van der Waals surface area (Å²) in [7, 11) is 0. The van der Waals surface area contributed by atoms with E-state index < -0.39 is 0 Å². The zero-order chi connectivity index (χ0) is 23.1. The number of anilines is 2. The van der Waals surface area contributed by atoms with E-state index in [0.29, 0.717) is 11.3 Å². The van der Waals surface area contributed by atoms with Crippen molar-refractivity contribution in [3.05, 3.63) is 126 Å². The molecule has 4 aromatic carbocycles. The lowest BCUT2D eigenvalue weighted by Gasteiger charge is -2.26. The highest BCUT2D eigenvalue weighted by atomic mass is 19.1. The number of fused-ring (bicyclic) bond motifs is 3. The number of benzene rings is 4. The Morgan fingerprint density at radius 1 is 0.735 bits per heavy atom. The summed E-state index contributed by atoms with van der Waals surface area (Å²) in [5.74, 6) is -0.414. The fourth-order valence-electron chi connectivity index (χ4n) is 4.74. The van der Waals surface area contributed by atoms with Crippen molar-refractivity contribution >= 4 is 28.2 Å². The first-order valence-electron chi connectivity index (χ1n) is 11.3. The molecule has 0 aliphatic carbocycles. The summed E-state index contributed by atoms with van der Waals surface area (Å²) >= 11 is 0. The summed E-state index contributed by atoms with van der Waals surface area (Å²) < 4.78 is 13.5. The van der Waals surface area contributed by atoms with Crippen LogP contribution in [0.2, 0.25) is 0 Å². The number of hydrogen-bond acceptors (Lipinski definition) is 2. The molecule has 3 nitrogen and oxygen atoms in total. The second-order valence-corrected chi connectivity index (χ2v) is 8.48. The van der Waals surface area contributed by atoms with E-state index >= 15 is 0 Å². The van der Waals surface area contributed by atoms with Gasteiger partial charge in [-0.25, -0.2) is 9.37 Å². The number of carbonyl (C=O) groups is 1. The molecule has 0 fully saturated rings. The normalized spacial score (nSPS) is 12.7. The van der Waals surface area contributed by atoms with Crippen LogP contribution in [0.15, 0.2) is 103 Å². The van der Waals surface area contributed by atoms with Crippen LogP contribution in [0.3, 0.4) is 0 Å². The summed E-state index contributed by atoms with van der Waals surface area (Å²) in [5, 5.41) is 0.789. The molecule has 1 amide bonds. The fraction of sp³-hybridized carbons (Fsp3) is 0.0667. The number of hydrogen-bond donors (Lipinski definition) is 0. The smallest absolute Gasteiger partial charge is 0.263 e. The van der Waals surface area contributed by atoms with E-state index in [9.17, 15) is 9.18 Å². The standard InChI is InChI=1S/C30H21FN2O/c31-23-17-15-20(16-18-23)27-19-25(24-9-3-4-10-26(24)32-27)30(34)33-28-11-5-1-7-21(28)13-14-22-8-2-6-12-29(22)33/h1-12,15-19H,13-14H2. The molecule has 0 radical (unpaired) electrons. The van der Waals surface area contributed by atoms with Gasteiger partial charge in [-0.1, -0.05) is 54.6 Å². The molecule has 0 saturated carbocycles. The van der Waals surface area contributed by atoms with Crippen molar-refractivity contribution in [3.63, 3.8) is 0 Å². The Hall–Kier alpha value is -4.31. The highest BCUT2D eigenvalue weighted by molar-refractivity contribution is 6.18. The van der Waals surface area contributed by atoms with Gasteiger partial charge in [-0.05, 0) is 72.5 Å². The first-order chi connectivity index (χ1) is 16.7. The van der Waals surface area contributed by atoms with Crippen LogP contribution >= 0.6 is 0 Å². The molecule has 0 saturated heterocycles. The topological polar surface area (TPSA) is 33.2 Å². The quantitative estimate of drug-likeness (QED) is 0.290. The molecule has 4 heteroatoms. The van der Waals surface area contributed by atoms with Gasteiger partial charge in [0.2, 0.25) is 0 Å². The van der Waals surface area contributed by atoms with Gasteiger partial charge in [-0.2, -0.15) is 0 Å². The van der Waals surface area contributed by atoms with E-state index in [1.165, 1.54) is 12.1 Å². The summed E-state index contributed by atoms with van der Waals surface area (Å²) in [4.78, 5) is 21.0. The largest absolute Gasteiger partial charge is 0.276 e. The van der Waals surface area contributed by atoms with E-state index in [-0.39, 0.29) is 11.7 Å². The number of amides is 1. The predicted molar refractivity (Wildman–Crippen MR) is 134 cm³/mol. The highest BCUT2D eigenvalue weighted by Gasteiger charge is 2.28. The number of para-hydroxylation sites is 3. The summed E-state index contributed by atoms with van der Waals surface area (Å²) in [6.07, 6.45) is 1.74. The van der Waals surface area contributed by atoms with Crippen LogP contribution in [0.5, 0.6) is 0 Å². The third-order valence-corrected chi connectivity index (χ3v) is 6.42. The molecule has 1 aliphatic rings. The van der Waals surface area contributed by atoms with Crippen molar-refractivity contribution in [1.29, 1.82) is 0 Å². The molecule has 0 atom stereocenters. The minimum absolute atomic E-state index is 0.108. The van der Waals surface area contributed by atoms with Crippen molar-refractivity contribution in [1.82, 2.24) is 4.98 Å². The number of aryl methyl sites for hydroxylation is 2. The first kappa shape index (κ1) is 20.3. The van der Waals surface area contributed by atoms with Crippen LogP contribution in [-0.2, 0) is 12.8 Å². The third kappa shape index (κ3) is 3.44. The summed E-state index contributed by atoms with van der Waals surface area (Å²) in [5.41, 5.74) is 6.79. The summed E-state index contributed by atoms with van der Waals surface area (Å²) in [6, 6.07) is 31.9. The number of carbonyl (C=O) groups excluding carboxylic acids is 1. The molecule has 0 N–H and O–H groups in total.